The summed E-state index contributed by atoms with van der Waals surface area (Å²) in [5.41, 5.74) is 1.38. The molecule has 1 aromatic heterocycles. The molecule has 4 heteroatoms. The zero-order valence-corrected chi connectivity index (χ0v) is 11.2. The van der Waals surface area contributed by atoms with Gasteiger partial charge in [0.15, 0.2) is 0 Å². The Morgan fingerprint density at radius 2 is 2.40 bits per heavy atom. The van der Waals surface area contributed by atoms with E-state index in [4.69, 9.17) is 0 Å². The van der Waals surface area contributed by atoms with E-state index in [-0.39, 0.29) is 17.2 Å². The number of thiophene rings is 1. The largest absolute Gasteiger partial charge is 0.352 e. The number of nitrogens with one attached hydrogen (secondary N) is 1. The average molecular weight is 288 g/mol. The second-order valence-corrected chi connectivity index (χ2v) is 6.92. The zero-order valence-electron chi connectivity index (χ0n) is 8.84. The van der Waals surface area contributed by atoms with Gasteiger partial charge < -0.3 is 5.32 Å². The van der Waals surface area contributed by atoms with E-state index < -0.39 is 0 Å². The highest BCUT2D eigenvalue weighted by Gasteiger charge is 2.50. The van der Waals surface area contributed by atoms with Crippen LogP contribution in [0.2, 0.25) is 0 Å². The van der Waals surface area contributed by atoms with Gasteiger partial charge in [-0.1, -0.05) is 13.8 Å². The van der Waals surface area contributed by atoms with Gasteiger partial charge in [0.05, 0.1) is 3.79 Å². The zero-order chi connectivity index (χ0) is 11.1. The molecule has 1 N–H and O–H groups in total. The first-order valence-electron chi connectivity index (χ1n) is 5.00. The molecule has 1 fully saturated rings. The highest BCUT2D eigenvalue weighted by Crippen LogP contribution is 2.51. The van der Waals surface area contributed by atoms with Crippen molar-refractivity contribution in [3.05, 3.63) is 20.8 Å². The summed E-state index contributed by atoms with van der Waals surface area (Å²) >= 11 is 5.10. The molecule has 0 bridgehead atoms. The van der Waals surface area contributed by atoms with E-state index in [1.165, 1.54) is 0 Å². The molecule has 2 nitrogen and oxygen atoms in total. The van der Waals surface area contributed by atoms with Crippen molar-refractivity contribution in [3.63, 3.8) is 0 Å². The Labute approximate surface area is 102 Å². The average Bonchev–Trinajstić information content (AvgIpc) is 2.61. The van der Waals surface area contributed by atoms with Gasteiger partial charge in [-0.3, -0.25) is 4.79 Å². The quantitative estimate of drug-likeness (QED) is 0.909. The predicted octanol–water partition coefficient (Wildman–Crippen LogP) is 3.17. The van der Waals surface area contributed by atoms with Gasteiger partial charge in [-0.15, -0.1) is 11.3 Å². The second-order valence-electron chi connectivity index (χ2n) is 4.68. The third-order valence-electron chi connectivity index (χ3n) is 2.98. The lowest BCUT2D eigenvalue weighted by molar-refractivity contribution is -0.123. The second kappa shape index (κ2) is 3.91. The molecule has 0 aliphatic heterocycles. The van der Waals surface area contributed by atoms with Crippen LogP contribution in [0.5, 0.6) is 0 Å². The number of amides is 1. The Kier molecular flexibility index (Phi) is 2.90. The number of rotatable bonds is 3. The van der Waals surface area contributed by atoms with Gasteiger partial charge in [-0.25, -0.2) is 0 Å². The maximum absolute atomic E-state index is 11.7. The van der Waals surface area contributed by atoms with Crippen LogP contribution in [-0.4, -0.2) is 5.91 Å². The summed E-state index contributed by atoms with van der Waals surface area (Å²) < 4.78 is 1.11. The Morgan fingerprint density at radius 3 is 2.87 bits per heavy atom. The number of halogens is 1. The normalized spacial score (nSPS) is 22.5. The van der Waals surface area contributed by atoms with Crippen molar-refractivity contribution in [1.29, 1.82) is 0 Å². The molecule has 1 saturated carbocycles. The van der Waals surface area contributed by atoms with Crippen molar-refractivity contribution in [2.75, 3.05) is 0 Å². The monoisotopic (exact) mass is 287 g/mol. The first-order valence-corrected chi connectivity index (χ1v) is 6.67. The third-order valence-corrected chi connectivity index (χ3v) is 4.79. The number of hydrogen-bond donors (Lipinski definition) is 1. The summed E-state index contributed by atoms with van der Waals surface area (Å²) in [5.74, 6) is 0.410. The van der Waals surface area contributed by atoms with E-state index in [0.29, 0.717) is 6.54 Å². The predicted molar refractivity (Wildman–Crippen MR) is 65.8 cm³/mol. The number of carbonyl (C=O) groups excluding carboxylic acids is 1. The van der Waals surface area contributed by atoms with Gasteiger partial charge in [0, 0.05) is 12.5 Å². The van der Waals surface area contributed by atoms with Crippen LogP contribution in [0.4, 0.5) is 0 Å². The molecule has 15 heavy (non-hydrogen) atoms. The molecule has 1 amide bonds. The molecule has 1 heterocycles. The summed E-state index contributed by atoms with van der Waals surface area (Å²) in [6.07, 6.45) is 1.02. The van der Waals surface area contributed by atoms with Gasteiger partial charge in [-0.2, -0.15) is 0 Å². The van der Waals surface area contributed by atoms with Crippen molar-refractivity contribution >= 4 is 33.2 Å². The van der Waals surface area contributed by atoms with Gasteiger partial charge in [0.1, 0.15) is 0 Å². The Hall–Kier alpha value is -0.350. The maximum atomic E-state index is 11.7. The lowest BCUT2D eigenvalue weighted by Gasteiger charge is -2.05. The van der Waals surface area contributed by atoms with Crippen LogP contribution in [-0.2, 0) is 11.3 Å². The van der Waals surface area contributed by atoms with Crippen molar-refractivity contribution in [1.82, 2.24) is 5.32 Å². The van der Waals surface area contributed by atoms with E-state index in [1.807, 2.05) is 11.4 Å². The molecule has 1 aliphatic carbocycles. The first-order chi connectivity index (χ1) is 7.00. The van der Waals surface area contributed by atoms with E-state index in [1.54, 1.807) is 11.3 Å². The number of hydrogen-bond acceptors (Lipinski definition) is 2. The Balaban J connectivity index is 1.85. The van der Waals surface area contributed by atoms with Crippen LogP contribution in [0.3, 0.4) is 0 Å². The van der Waals surface area contributed by atoms with Crippen LogP contribution in [0.25, 0.3) is 0 Å². The summed E-state index contributed by atoms with van der Waals surface area (Å²) in [6, 6.07) is 2.03. The molecular weight excluding hydrogens is 274 g/mol. The van der Waals surface area contributed by atoms with Crippen LogP contribution < -0.4 is 5.32 Å². The fraction of sp³-hybridized carbons (Fsp3) is 0.545. The van der Waals surface area contributed by atoms with E-state index >= 15 is 0 Å². The first kappa shape index (κ1) is 11.1. The van der Waals surface area contributed by atoms with Crippen molar-refractivity contribution in [2.24, 2.45) is 11.3 Å². The molecule has 0 spiro atoms. The molecule has 1 atom stereocenters. The van der Waals surface area contributed by atoms with Gasteiger partial charge in [0.2, 0.25) is 5.91 Å². The molecule has 0 saturated heterocycles. The molecule has 1 aromatic rings. The standard InChI is InChI=1S/C11H14BrNOS/c1-11(2)5-8(11)10(14)13-6-7-3-4-15-9(7)12/h3-4,8H,5-6H2,1-2H3,(H,13,14). The van der Waals surface area contributed by atoms with Crippen molar-refractivity contribution < 1.29 is 4.79 Å². The third kappa shape index (κ3) is 2.42. The summed E-state index contributed by atoms with van der Waals surface area (Å²) in [4.78, 5) is 11.7. The molecule has 82 valence electrons. The van der Waals surface area contributed by atoms with E-state index in [9.17, 15) is 4.79 Å². The fourth-order valence-corrected chi connectivity index (χ4v) is 2.91. The summed E-state index contributed by atoms with van der Waals surface area (Å²) in [5, 5.41) is 5.00. The van der Waals surface area contributed by atoms with Crippen LogP contribution in [0.1, 0.15) is 25.8 Å². The minimum absolute atomic E-state index is 0.193. The van der Waals surface area contributed by atoms with Crippen molar-refractivity contribution in [2.45, 2.75) is 26.8 Å². The van der Waals surface area contributed by atoms with Gasteiger partial charge >= 0.3 is 0 Å². The minimum atomic E-state index is 0.193. The molecule has 2 rings (SSSR count). The van der Waals surface area contributed by atoms with E-state index in [0.717, 1.165) is 15.8 Å². The highest BCUT2D eigenvalue weighted by atomic mass is 79.9. The molecule has 1 unspecified atom stereocenters. The molecule has 1 aliphatic rings. The Morgan fingerprint density at radius 1 is 1.73 bits per heavy atom. The maximum Gasteiger partial charge on any atom is 0.223 e. The smallest absolute Gasteiger partial charge is 0.223 e. The Bertz CT molecular complexity index is 386. The topological polar surface area (TPSA) is 29.1 Å². The lowest BCUT2D eigenvalue weighted by Crippen LogP contribution is -2.25. The molecule has 0 radical (unpaired) electrons. The fourth-order valence-electron chi connectivity index (χ4n) is 1.67. The highest BCUT2D eigenvalue weighted by molar-refractivity contribution is 9.11. The summed E-state index contributed by atoms with van der Waals surface area (Å²) in [6.45, 7) is 4.91. The van der Waals surface area contributed by atoms with Gasteiger partial charge in [-0.05, 0) is 44.8 Å². The lowest BCUT2D eigenvalue weighted by atomic mass is 10.1. The van der Waals surface area contributed by atoms with Crippen LogP contribution in [0, 0.1) is 11.3 Å². The summed E-state index contributed by atoms with van der Waals surface area (Å²) in [7, 11) is 0. The minimum Gasteiger partial charge on any atom is -0.352 e. The van der Waals surface area contributed by atoms with E-state index in [2.05, 4.69) is 35.1 Å². The van der Waals surface area contributed by atoms with Crippen LogP contribution in [0.15, 0.2) is 15.2 Å². The number of carbonyl (C=O) groups is 1. The molecular formula is C11H14BrNOS. The van der Waals surface area contributed by atoms with Gasteiger partial charge in [0.25, 0.3) is 0 Å². The van der Waals surface area contributed by atoms with Crippen molar-refractivity contribution in [3.8, 4) is 0 Å². The van der Waals surface area contributed by atoms with Crippen LogP contribution >= 0.6 is 27.3 Å². The molecule has 0 aromatic carbocycles. The SMILES string of the molecule is CC1(C)CC1C(=O)NCc1ccsc1Br.